The molecular formula is C24H24ClN5OS. The standard InChI is InChI=1S/C24H24ClN5OS/c25-17-5-3-4-16(11-17)20-13-26-14-23(28-20)27-12-15-8-9-19-22(10-15)32-24(30-19)29-18-6-1-2-7-21(18)31/h3-5,8-11,13-14,18,21,31H,1-2,6-7,12H2,(H,27,28)(H,29,30)/t18?,21-/m1/s1. The van der Waals surface area contributed by atoms with Crippen LogP contribution in [0, 0.1) is 0 Å². The summed E-state index contributed by atoms with van der Waals surface area (Å²) in [7, 11) is 0. The summed E-state index contributed by atoms with van der Waals surface area (Å²) in [6, 6.07) is 13.9. The minimum Gasteiger partial charge on any atom is -0.391 e. The number of nitrogens with zero attached hydrogens (tertiary/aromatic N) is 3. The first-order valence-corrected chi connectivity index (χ1v) is 12.0. The fraction of sp³-hybridized carbons (Fsp3) is 0.292. The highest BCUT2D eigenvalue weighted by molar-refractivity contribution is 7.22. The zero-order chi connectivity index (χ0) is 21.9. The molecule has 3 N–H and O–H groups in total. The number of benzene rings is 2. The Morgan fingerprint density at radius 2 is 1.97 bits per heavy atom. The Labute approximate surface area is 195 Å². The van der Waals surface area contributed by atoms with Crippen molar-refractivity contribution in [2.24, 2.45) is 0 Å². The molecular weight excluding hydrogens is 442 g/mol. The zero-order valence-electron chi connectivity index (χ0n) is 17.5. The number of fused-ring (bicyclic) bond motifs is 1. The Bertz CT molecular complexity index is 1230. The maximum absolute atomic E-state index is 10.2. The van der Waals surface area contributed by atoms with Gasteiger partial charge in [0.1, 0.15) is 5.82 Å². The molecule has 2 heterocycles. The molecule has 5 rings (SSSR count). The highest BCUT2D eigenvalue weighted by atomic mass is 35.5. The average molecular weight is 466 g/mol. The van der Waals surface area contributed by atoms with Gasteiger partial charge in [-0.2, -0.15) is 0 Å². The van der Waals surface area contributed by atoms with Gasteiger partial charge in [-0.05, 0) is 42.7 Å². The van der Waals surface area contributed by atoms with E-state index in [4.69, 9.17) is 16.6 Å². The molecule has 0 spiro atoms. The smallest absolute Gasteiger partial charge is 0.184 e. The first-order valence-electron chi connectivity index (χ1n) is 10.8. The molecule has 2 atom stereocenters. The molecule has 2 aromatic carbocycles. The Morgan fingerprint density at radius 1 is 1.06 bits per heavy atom. The number of thiazole rings is 1. The first kappa shape index (κ1) is 21.1. The molecule has 6 nitrogen and oxygen atoms in total. The summed E-state index contributed by atoms with van der Waals surface area (Å²) in [6.45, 7) is 0.631. The van der Waals surface area contributed by atoms with Gasteiger partial charge < -0.3 is 15.7 Å². The molecule has 8 heteroatoms. The van der Waals surface area contributed by atoms with Gasteiger partial charge in [0.15, 0.2) is 5.13 Å². The largest absolute Gasteiger partial charge is 0.391 e. The fourth-order valence-corrected chi connectivity index (χ4v) is 5.19. The molecule has 1 aliphatic rings. The van der Waals surface area contributed by atoms with Crippen molar-refractivity contribution in [3.05, 3.63) is 65.4 Å². The Balaban J connectivity index is 1.27. The average Bonchev–Trinajstić information content (AvgIpc) is 3.21. The monoisotopic (exact) mass is 465 g/mol. The number of aliphatic hydroxyl groups excluding tert-OH is 1. The minimum absolute atomic E-state index is 0.0933. The molecule has 0 aliphatic heterocycles. The lowest BCUT2D eigenvalue weighted by atomic mass is 9.93. The van der Waals surface area contributed by atoms with Crippen molar-refractivity contribution in [1.82, 2.24) is 15.0 Å². The lowest BCUT2D eigenvalue weighted by Crippen LogP contribution is -2.36. The highest BCUT2D eigenvalue weighted by Gasteiger charge is 2.23. The van der Waals surface area contributed by atoms with E-state index in [1.54, 1.807) is 23.7 Å². The third-order valence-electron chi connectivity index (χ3n) is 5.72. The predicted octanol–water partition coefficient (Wildman–Crippen LogP) is 5.73. The van der Waals surface area contributed by atoms with Crippen LogP contribution in [0.15, 0.2) is 54.9 Å². The van der Waals surface area contributed by atoms with Gasteiger partial charge in [0.2, 0.25) is 0 Å². The van der Waals surface area contributed by atoms with E-state index >= 15 is 0 Å². The van der Waals surface area contributed by atoms with Crippen LogP contribution in [-0.4, -0.2) is 32.2 Å². The molecule has 4 aromatic rings. The third-order valence-corrected chi connectivity index (χ3v) is 6.90. The Morgan fingerprint density at radius 3 is 2.84 bits per heavy atom. The van der Waals surface area contributed by atoms with Gasteiger partial charge >= 0.3 is 0 Å². The zero-order valence-corrected chi connectivity index (χ0v) is 19.0. The second-order valence-electron chi connectivity index (χ2n) is 8.08. The second-order valence-corrected chi connectivity index (χ2v) is 9.54. The van der Waals surface area contributed by atoms with Crippen LogP contribution in [-0.2, 0) is 6.54 Å². The van der Waals surface area contributed by atoms with Crippen LogP contribution in [0.2, 0.25) is 5.02 Å². The molecule has 0 bridgehead atoms. The normalized spacial score (nSPS) is 18.6. The second kappa shape index (κ2) is 9.40. The fourth-order valence-electron chi connectivity index (χ4n) is 4.01. The molecule has 0 radical (unpaired) electrons. The number of halogens is 1. The van der Waals surface area contributed by atoms with Crippen LogP contribution in [0.4, 0.5) is 10.9 Å². The molecule has 0 saturated heterocycles. The Hall–Kier alpha value is -2.74. The van der Waals surface area contributed by atoms with Gasteiger partial charge in [0.25, 0.3) is 0 Å². The van der Waals surface area contributed by atoms with Crippen LogP contribution >= 0.6 is 22.9 Å². The van der Waals surface area contributed by atoms with Crippen LogP contribution < -0.4 is 10.6 Å². The van der Waals surface area contributed by atoms with Crippen molar-refractivity contribution >= 4 is 44.1 Å². The summed E-state index contributed by atoms with van der Waals surface area (Å²) in [6.07, 6.45) is 7.26. The van der Waals surface area contributed by atoms with E-state index in [9.17, 15) is 5.11 Å². The predicted molar refractivity (Wildman–Crippen MR) is 131 cm³/mol. The Kier molecular flexibility index (Phi) is 6.21. The lowest BCUT2D eigenvalue weighted by Gasteiger charge is -2.27. The number of rotatable bonds is 6. The van der Waals surface area contributed by atoms with Crippen molar-refractivity contribution in [1.29, 1.82) is 0 Å². The number of anilines is 2. The van der Waals surface area contributed by atoms with Crippen molar-refractivity contribution in [3.63, 3.8) is 0 Å². The quantitative estimate of drug-likeness (QED) is 0.337. The third kappa shape index (κ3) is 4.85. The van der Waals surface area contributed by atoms with Gasteiger partial charge in [-0.3, -0.25) is 4.98 Å². The SMILES string of the molecule is O[C@@H]1CCCCC1Nc1nc2ccc(CNc3cncc(-c4cccc(Cl)c4)n3)cc2s1. The first-order chi connectivity index (χ1) is 15.6. The van der Waals surface area contributed by atoms with Crippen LogP contribution in [0.3, 0.4) is 0 Å². The maximum Gasteiger partial charge on any atom is 0.184 e. The van der Waals surface area contributed by atoms with E-state index < -0.39 is 0 Å². The number of hydrogen-bond donors (Lipinski definition) is 3. The van der Waals surface area contributed by atoms with Crippen molar-refractivity contribution in [2.45, 2.75) is 44.4 Å². The van der Waals surface area contributed by atoms with E-state index in [0.29, 0.717) is 17.4 Å². The van der Waals surface area contributed by atoms with E-state index in [1.165, 1.54) is 0 Å². The lowest BCUT2D eigenvalue weighted by molar-refractivity contribution is 0.116. The summed E-state index contributed by atoms with van der Waals surface area (Å²) in [4.78, 5) is 13.7. The number of aliphatic hydroxyl groups is 1. The van der Waals surface area contributed by atoms with Gasteiger partial charge in [-0.1, -0.05) is 54.0 Å². The van der Waals surface area contributed by atoms with Gasteiger partial charge in [-0.15, -0.1) is 0 Å². The molecule has 32 heavy (non-hydrogen) atoms. The van der Waals surface area contributed by atoms with E-state index in [-0.39, 0.29) is 12.1 Å². The van der Waals surface area contributed by atoms with E-state index in [0.717, 1.165) is 57.9 Å². The van der Waals surface area contributed by atoms with Crippen molar-refractivity contribution in [3.8, 4) is 11.3 Å². The van der Waals surface area contributed by atoms with Crippen LogP contribution in [0.1, 0.15) is 31.2 Å². The van der Waals surface area contributed by atoms with Crippen molar-refractivity contribution < 1.29 is 5.11 Å². The molecule has 2 aromatic heterocycles. The molecule has 1 fully saturated rings. The molecule has 0 amide bonds. The van der Waals surface area contributed by atoms with Gasteiger partial charge in [0.05, 0.1) is 40.5 Å². The molecule has 1 aliphatic carbocycles. The minimum atomic E-state index is -0.292. The van der Waals surface area contributed by atoms with E-state index in [1.807, 2.05) is 30.3 Å². The van der Waals surface area contributed by atoms with Crippen LogP contribution in [0.5, 0.6) is 0 Å². The topological polar surface area (TPSA) is 83.0 Å². The number of aromatic nitrogens is 3. The summed E-state index contributed by atoms with van der Waals surface area (Å²) in [5, 5.41) is 18.6. The van der Waals surface area contributed by atoms with E-state index in [2.05, 4.69) is 32.7 Å². The maximum atomic E-state index is 10.2. The molecule has 1 unspecified atom stereocenters. The summed E-state index contributed by atoms with van der Waals surface area (Å²) < 4.78 is 1.12. The molecule has 1 saturated carbocycles. The molecule has 164 valence electrons. The van der Waals surface area contributed by atoms with Crippen molar-refractivity contribution in [2.75, 3.05) is 10.6 Å². The van der Waals surface area contributed by atoms with Gasteiger partial charge in [-0.25, -0.2) is 9.97 Å². The summed E-state index contributed by atoms with van der Waals surface area (Å²) in [5.74, 6) is 0.709. The number of hydrogen-bond acceptors (Lipinski definition) is 7. The summed E-state index contributed by atoms with van der Waals surface area (Å²) >= 11 is 7.73. The number of nitrogens with one attached hydrogen (secondary N) is 2. The highest BCUT2D eigenvalue weighted by Crippen LogP contribution is 2.30. The van der Waals surface area contributed by atoms with Gasteiger partial charge in [0, 0.05) is 17.1 Å². The summed E-state index contributed by atoms with van der Waals surface area (Å²) in [5.41, 5.74) is 3.81. The van der Waals surface area contributed by atoms with Crippen LogP contribution in [0.25, 0.3) is 21.5 Å².